The van der Waals surface area contributed by atoms with E-state index < -0.39 is 5.97 Å². The van der Waals surface area contributed by atoms with Crippen molar-refractivity contribution in [1.82, 2.24) is 9.58 Å². The SMILES string of the molecule is Cc1cc(C=NN2C(=O)[C@@H]3[C@H](C2=O)[C@H]2C=C[C@H]3C2)c(C)n1-c1ccc(OCc2cccc(C(=O)O)c2)cc1. The highest BCUT2D eigenvalue weighted by Gasteiger charge is 2.59. The predicted molar refractivity (Wildman–Crippen MR) is 140 cm³/mol. The lowest BCUT2D eigenvalue weighted by atomic mass is 9.85. The van der Waals surface area contributed by atoms with Gasteiger partial charge in [0.05, 0.1) is 23.6 Å². The molecule has 1 saturated heterocycles. The van der Waals surface area contributed by atoms with Gasteiger partial charge in [-0.15, -0.1) is 0 Å². The van der Waals surface area contributed by atoms with Gasteiger partial charge in [0.2, 0.25) is 0 Å². The third kappa shape index (κ3) is 3.93. The lowest BCUT2D eigenvalue weighted by Crippen LogP contribution is -2.28. The summed E-state index contributed by atoms with van der Waals surface area (Å²) in [5, 5.41) is 14.6. The molecule has 1 N–H and O–H groups in total. The third-order valence-electron chi connectivity index (χ3n) is 7.90. The van der Waals surface area contributed by atoms with Crippen molar-refractivity contribution in [2.75, 3.05) is 0 Å². The second-order valence-corrected chi connectivity index (χ2v) is 10.2. The number of carbonyl (C=O) groups excluding carboxylic acids is 2. The quantitative estimate of drug-likeness (QED) is 0.287. The molecular formula is C30H27N3O5. The molecule has 6 rings (SSSR count). The number of aromatic nitrogens is 1. The van der Waals surface area contributed by atoms with Crippen LogP contribution in [0.3, 0.4) is 0 Å². The number of aromatic carboxylic acids is 1. The number of hydrogen-bond donors (Lipinski definition) is 1. The zero-order valence-electron chi connectivity index (χ0n) is 21.1. The van der Waals surface area contributed by atoms with Crippen LogP contribution in [0.15, 0.2) is 71.9 Å². The minimum absolute atomic E-state index is 0.161. The second-order valence-electron chi connectivity index (χ2n) is 10.2. The highest BCUT2D eigenvalue weighted by Crippen LogP contribution is 2.52. The fourth-order valence-corrected chi connectivity index (χ4v) is 6.09. The normalized spacial score (nSPS) is 23.6. The molecule has 3 aliphatic rings. The van der Waals surface area contributed by atoms with Crippen LogP contribution in [0.25, 0.3) is 5.69 Å². The van der Waals surface area contributed by atoms with Gasteiger partial charge in [0.1, 0.15) is 12.4 Å². The van der Waals surface area contributed by atoms with Gasteiger partial charge in [-0.05, 0) is 80.1 Å². The lowest BCUT2D eigenvalue weighted by molar-refractivity contribution is -0.140. The van der Waals surface area contributed by atoms with Gasteiger partial charge in [-0.3, -0.25) is 9.59 Å². The summed E-state index contributed by atoms with van der Waals surface area (Å²) in [6, 6.07) is 16.3. The van der Waals surface area contributed by atoms with Gasteiger partial charge in [0.15, 0.2) is 0 Å². The van der Waals surface area contributed by atoms with Crippen LogP contribution < -0.4 is 4.74 Å². The third-order valence-corrected chi connectivity index (χ3v) is 7.90. The summed E-state index contributed by atoms with van der Waals surface area (Å²) in [4.78, 5) is 37.0. The topological polar surface area (TPSA) is 101 Å². The lowest BCUT2D eigenvalue weighted by Gasteiger charge is -2.13. The minimum Gasteiger partial charge on any atom is -0.489 e. The maximum absolute atomic E-state index is 12.9. The number of aryl methyl sites for hydroxylation is 1. The average Bonchev–Trinajstić information content (AvgIpc) is 3.66. The van der Waals surface area contributed by atoms with Crippen LogP contribution in [-0.4, -0.2) is 38.7 Å². The first-order valence-corrected chi connectivity index (χ1v) is 12.7. The summed E-state index contributed by atoms with van der Waals surface area (Å²) < 4.78 is 7.93. The number of carbonyl (C=O) groups is 3. The summed E-state index contributed by atoms with van der Waals surface area (Å²) in [6.07, 6.45) is 6.65. The highest BCUT2D eigenvalue weighted by molar-refractivity contribution is 6.06. The number of amides is 2. The molecular weight excluding hydrogens is 482 g/mol. The van der Waals surface area contributed by atoms with Crippen molar-refractivity contribution < 1.29 is 24.2 Å². The Morgan fingerprint density at radius 2 is 1.71 bits per heavy atom. The molecule has 2 bridgehead atoms. The Kier molecular flexibility index (Phi) is 5.75. The molecule has 3 aromatic rings. The van der Waals surface area contributed by atoms with Gasteiger partial charge in [0, 0.05) is 22.6 Å². The van der Waals surface area contributed by atoms with Gasteiger partial charge in [-0.1, -0.05) is 24.3 Å². The number of benzene rings is 2. The molecule has 4 atom stereocenters. The van der Waals surface area contributed by atoms with Crippen molar-refractivity contribution in [3.63, 3.8) is 0 Å². The summed E-state index contributed by atoms with van der Waals surface area (Å²) in [5.74, 6) is -0.878. The Morgan fingerprint density at radius 1 is 1.03 bits per heavy atom. The molecule has 1 aliphatic heterocycles. The Hall–Kier alpha value is -4.46. The summed E-state index contributed by atoms with van der Waals surface area (Å²) in [7, 11) is 0. The van der Waals surface area contributed by atoms with E-state index in [1.807, 2.05) is 50.2 Å². The number of rotatable bonds is 7. The van der Waals surface area contributed by atoms with Crippen molar-refractivity contribution in [2.45, 2.75) is 26.9 Å². The zero-order chi connectivity index (χ0) is 26.6. The van der Waals surface area contributed by atoms with Crippen LogP contribution in [0.1, 0.15) is 39.3 Å². The number of fused-ring (bicyclic) bond motifs is 5. The standard InChI is InChI=1S/C30H27N3O5/c1-17-12-23(15-31-33-28(34)26-20-6-7-21(14-20)27(26)29(33)35)18(2)32(17)24-8-10-25(11-9-24)38-16-19-4-3-5-22(13-19)30(36)37/h3-13,15,20-21,26-27H,14,16H2,1-2H3,(H,36,37)/t20-,21-,26-,27+/m0/s1. The van der Waals surface area contributed by atoms with Crippen molar-refractivity contribution in [2.24, 2.45) is 28.8 Å². The first-order chi connectivity index (χ1) is 18.3. The smallest absolute Gasteiger partial charge is 0.335 e. The predicted octanol–water partition coefficient (Wildman–Crippen LogP) is 4.51. The van der Waals surface area contributed by atoms with E-state index in [0.29, 0.717) is 5.75 Å². The maximum Gasteiger partial charge on any atom is 0.335 e. The molecule has 0 radical (unpaired) electrons. The van der Waals surface area contributed by atoms with Crippen LogP contribution in [0.2, 0.25) is 0 Å². The largest absolute Gasteiger partial charge is 0.489 e. The summed E-state index contributed by atoms with van der Waals surface area (Å²) in [5.41, 5.74) is 4.69. The van der Waals surface area contributed by atoms with E-state index in [2.05, 4.69) is 21.8 Å². The van der Waals surface area contributed by atoms with E-state index >= 15 is 0 Å². The van der Waals surface area contributed by atoms with Crippen LogP contribution in [0, 0.1) is 37.5 Å². The molecule has 2 aliphatic carbocycles. The van der Waals surface area contributed by atoms with E-state index in [0.717, 1.165) is 39.6 Å². The number of allylic oxidation sites excluding steroid dienone is 2. The monoisotopic (exact) mass is 509 g/mol. The number of carboxylic acid groups (broad SMARTS) is 1. The van der Waals surface area contributed by atoms with Crippen LogP contribution >= 0.6 is 0 Å². The Labute approximate surface area is 219 Å². The van der Waals surface area contributed by atoms with E-state index in [9.17, 15) is 14.4 Å². The second kappa shape index (κ2) is 9.13. The van der Waals surface area contributed by atoms with Crippen LogP contribution in [-0.2, 0) is 16.2 Å². The van der Waals surface area contributed by atoms with Crippen LogP contribution in [0.4, 0.5) is 0 Å². The van der Waals surface area contributed by atoms with Gasteiger partial charge < -0.3 is 14.4 Å². The van der Waals surface area contributed by atoms with Gasteiger partial charge in [-0.25, -0.2) is 4.79 Å². The number of nitrogens with zero attached hydrogens (tertiary/aromatic N) is 3. The van der Waals surface area contributed by atoms with Gasteiger partial charge in [0.25, 0.3) is 11.8 Å². The van der Waals surface area contributed by atoms with E-state index in [-0.39, 0.29) is 47.7 Å². The minimum atomic E-state index is -0.969. The highest BCUT2D eigenvalue weighted by atomic mass is 16.5. The molecule has 0 spiro atoms. The van der Waals surface area contributed by atoms with Gasteiger partial charge in [-0.2, -0.15) is 10.1 Å². The molecule has 2 aromatic carbocycles. The average molecular weight is 510 g/mol. The Bertz CT molecular complexity index is 1490. The fourth-order valence-electron chi connectivity index (χ4n) is 6.09. The van der Waals surface area contributed by atoms with Crippen molar-refractivity contribution in [1.29, 1.82) is 0 Å². The summed E-state index contributed by atoms with van der Waals surface area (Å²) in [6.45, 7) is 4.22. The number of carboxylic acids is 1. The Balaban J connectivity index is 1.16. The van der Waals surface area contributed by atoms with Gasteiger partial charge >= 0.3 is 5.97 Å². The molecule has 1 saturated carbocycles. The van der Waals surface area contributed by atoms with E-state index in [1.54, 1.807) is 24.4 Å². The fraction of sp³-hybridized carbons (Fsp3) is 0.267. The molecule has 192 valence electrons. The van der Waals surface area contributed by atoms with Crippen molar-refractivity contribution >= 4 is 24.0 Å². The first kappa shape index (κ1) is 23.9. The maximum atomic E-state index is 12.9. The number of hydrazone groups is 1. The molecule has 8 heteroatoms. The molecule has 2 amide bonds. The molecule has 2 heterocycles. The molecule has 1 aromatic heterocycles. The molecule has 0 unspecified atom stereocenters. The number of imide groups is 1. The van der Waals surface area contributed by atoms with E-state index in [1.165, 1.54) is 0 Å². The van der Waals surface area contributed by atoms with E-state index in [4.69, 9.17) is 9.84 Å². The number of hydrogen-bond acceptors (Lipinski definition) is 5. The molecule has 2 fully saturated rings. The zero-order valence-corrected chi connectivity index (χ0v) is 21.1. The number of ether oxygens (including phenoxy) is 1. The summed E-state index contributed by atoms with van der Waals surface area (Å²) >= 11 is 0. The first-order valence-electron chi connectivity index (χ1n) is 12.7. The Morgan fingerprint density at radius 3 is 2.37 bits per heavy atom. The van der Waals surface area contributed by atoms with Crippen molar-refractivity contribution in [3.05, 3.63) is 94.8 Å². The molecule has 38 heavy (non-hydrogen) atoms. The van der Waals surface area contributed by atoms with Crippen LogP contribution in [0.5, 0.6) is 5.75 Å². The van der Waals surface area contributed by atoms with Crippen molar-refractivity contribution in [3.8, 4) is 11.4 Å². The molecule has 8 nitrogen and oxygen atoms in total.